The summed E-state index contributed by atoms with van der Waals surface area (Å²) in [6, 6.07) is 28.9. The highest BCUT2D eigenvalue weighted by atomic mass is 16.6. The average Bonchev–Trinajstić information content (AvgIpc) is 3.18. The molecular weight excluding hydrogens is 708 g/mol. The topological polar surface area (TPSA) is 165 Å². The van der Waals surface area contributed by atoms with E-state index in [1.807, 2.05) is 60.7 Å². The zero-order valence-corrected chi connectivity index (χ0v) is 30.7. The van der Waals surface area contributed by atoms with Gasteiger partial charge in [-0.2, -0.15) is 0 Å². The molecule has 0 radical (unpaired) electrons. The molecule has 0 fully saturated rings. The minimum Gasteiger partial charge on any atom is -0.497 e. The summed E-state index contributed by atoms with van der Waals surface area (Å²) >= 11 is 0. The Morgan fingerprint density at radius 3 is 1.20 bits per heavy atom. The maximum atomic E-state index is 12.5. The number of carbonyl (C=O) groups is 5. The van der Waals surface area contributed by atoms with Crippen molar-refractivity contribution < 1.29 is 52.4 Å². The highest BCUT2D eigenvalue weighted by Crippen LogP contribution is 2.44. The van der Waals surface area contributed by atoms with Crippen LogP contribution in [0.15, 0.2) is 121 Å². The van der Waals surface area contributed by atoms with Gasteiger partial charge in [-0.25, -0.2) is 19.2 Å². The molecule has 0 aliphatic carbocycles. The highest BCUT2D eigenvalue weighted by Gasteiger charge is 2.29. The van der Waals surface area contributed by atoms with Crippen molar-refractivity contribution in [3.05, 3.63) is 144 Å². The fourth-order valence-electron chi connectivity index (χ4n) is 5.39. The zero-order valence-electron chi connectivity index (χ0n) is 30.7. The largest absolute Gasteiger partial charge is 0.497 e. The molecule has 0 aliphatic rings. The minimum atomic E-state index is -0.722. The second-order valence-corrected chi connectivity index (χ2v) is 12.1. The number of hydrogen-bond donors (Lipinski definition) is 2. The first kappa shape index (κ1) is 40.9. The number of methoxy groups -OCH3 is 1. The van der Waals surface area contributed by atoms with Gasteiger partial charge in [0.15, 0.2) is 0 Å². The number of benzene rings is 4. The van der Waals surface area contributed by atoms with Crippen molar-refractivity contribution in [2.45, 2.75) is 25.7 Å². The van der Waals surface area contributed by atoms with Crippen LogP contribution in [0.4, 0.5) is 9.59 Å². The van der Waals surface area contributed by atoms with Crippen LogP contribution >= 0.6 is 0 Å². The van der Waals surface area contributed by atoms with Crippen molar-refractivity contribution in [2.24, 2.45) is 0 Å². The van der Waals surface area contributed by atoms with Crippen molar-refractivity contribution >= 4 is 30.6 Å². The Labute approximate surface area is 318 Å². The van der Waals surface area contributed by atoms with Gasteiger partial charge in [-0.3, -0.25) is 4.79 Å². The number of carbonyl (C=O) groups excluding carboxylic acids is 5. The molecular formula is C42H42N2O11. The molecule has 0 saturated heterocycles. The van der Waals surface area contributed by atoms with E-state index in [1.54, 1.807) is 43.5 Å². The Bertz CT molecular complexity index is 1960. The Balaban J connectivity index is 1.61. The Kier molecular flexibility index (Phi) is 15.1. The smallest absolute Gasteiger partial charge is 0.412 e. The standard InChI is InChI=1S/C42H42N2O11/c1-27(2)39(46)51-24-22-43-41(48)54-35-18-10-31(11-19-35)37(29-6-14-33(50-5)15-7-29)38(30-8-16-34(17-9-30)53-26-45)32-12-20-36(21-13-32)55-42(49)44-23-25-52-40(47)28(3)4/h6-21,26,37-38H,1,3,22-25H2,2,4-5H3,(H,43,48)(H,44,49). The van der Waals surface area contributed by atoms with E-state index in [-0.39, 0.29) is 60.8 Å². The summed E-state index contributed by atoms with van der Waals surface area (Å²) < 4.78 is 31.4. The molecule has 13 heteroatoms. The van der Waals surface area contributed by atoms with E-state index < -0.39 is 24.1 Å². The monoisotopic (exact) mass is 750 g/mol. The van der Waals surface area contributed by atoms with Crippen LogP contribution in [-0.2, 0) is 23.9 Å². The van der Waals surface area contributed by atoms with Gasteiger partial charge in [0.2, 0.25) is 0 Å². The molecule has 0 saturated carbocycles. The number of nitrogens with one attached hydrogen (secondary N) is 2. The quantitative estimate of drug-likeness (QED) is 0.0487. The van der Waals surface area contributed by atoms with Gasteiger partial charge >= 0.3 is 24.1 Å². The summed E-state index contributed by atoms with van der Waals surface area (Å²) in [5.41, 5.74) is 4.05. The first-order valence-electron chi connectivity index (χ1n) is 17.1. The van der Waals surface area contributed by atoms with E-state index in [9.17, 15) is 24.0 Å². The summed E-state index contributed by atoms with van der Waals surface area (Å²) in [7, 11) is 1.59. The molecule has 0 spiro atoms. The predicted octanol–water partition coefficient (Wildman–Crippen LogP) is 6.61. The van der Waals surface area contributed by atoms with Crippen molar-refractivity contribution in [1.82, 2.24) is 10.6 Å². The van der Waals surface area contributed by atoms with Crippen molar-refractivity contribution in [3.63, 3.8) is 0 Å². The molecule has 2 amide bonds. The Morgan fingerprint density at radius 1 is 0.564 bits per heavy atom. The molecule has 0 aromatic heterocycles. The molecule has 55 heavy (non-hydrogen) atoms. The van der Waals surface area contributed by atoms with Crippen molar-refractivity contribution in [3.8, 4) is 23.0 Å². The van der Waals surface area contributed by atoms with Crippen molar-refractivity contribution in [2.75, 3.05) is 33.4 Å². The highest BCUT2D eigenvalue weighted by molar-refractivity contribution is 5.87. The fraction of sp³-hybridized carbons (Fsp3) is 0.214. The molecule has 2 N–H and O–H groups in total. The van der Waals surface area contributed by atoms with Crippen LogP contribution in [-0.4, -0.2) is 64.0 Å². The molecule has 4 aromatic carbocycles. The molecule has 2 unspecified atom stereocenters. The van der Waals surface area contributed by atoms with Gasteiger partial charge in [0.1, 0.15) is 36.2 Å². The third kappa shape index (κ3) is 12.3. The molecule has 0 bridgehead atoms. The second kappa shape index (κ2) is 20.4. The normalized spacial score (nSPS) is 11.5. The molecule has 13 nitrogen and oxygen atoms in total. The maximum absolute atomic E-state index is 12.5. The predicted molar refractivity (Wildman–Crippen MR) is 202 cm³/mol. The summed E-state index contributed by atoms with van der Waals surface area (Å²) in [6.45, 7) is 10.5. The fourth-order valence-corrected chi connectivity index (χ4v) is 5.39. The first-order chi connectivity index (χ1) is 26.5. The third-order valence-corrected chi connectivity index (χ3v) is 8.04. The Morgan fingerprint density at radius 2 is 0.891 bits per heavy atom. The lowest BCUT2D eigenvalue weighted by atomic mass is 9.73. The maximum Gasteiger partial charge on any atom is 0.412 e. The van der Waals surface area contributed by atoms with Crippen LogP contribution in [0.5, 0.6) is 23.0 Å². The number of rotatable bonds is 18. The zero-order chi connectivity index (χ0) is 39.7. The van der Waals surface area contributed by atoms with Crippen LogP contribution in [0, 0.1) is 0 Å². The van der Waals surface area contributed by atoms with E-state index >= 15 is 0 Å². The third-order valence-electron chi connectivity index (χ3n) is 8.04. The lowest BCUT2D eigenvalue weighted by Crippen LogP contribution is -2.30. The molecule has 286 valence electrons. The summed E-state index contributed by atoms with van der Waals surface area (Å²) in [4.78, 5) is 59.1. The lowest BCUT2D eigenvalue weighted by molar-refractivity contribution is -0.139. The molecule has 4 rings (SSSR count). The van der Waals surface area contributed by atoms with Crippen molar-refractivity contribution in [1.29, 1.82) is 0 Å². The summed E-state index contributed by atoms with van der Waals surface area (Å²) in [5.74, 6) is -0.164. The number of ether oxygens (including phenoxy) is 6. The number of amides is 2. The van der Waals surface area contributed by atoms with Gasteiger partial charge < -0.3 is 39.1 Å². The number of esters is 2. The number of hydrogen-bond acceptors (Lipinski definition) is 11. The lowest BCUT2D eigenvalue weighted by Gasteiger charge is -2.30. The Hall–Kier alpha value is -6.89. The first-order valence-corrected chi connectivity index (χ1v) is 17.1. The van der Waals surface area contributed by atoms with Gasteiger partial charge in [0.05, 0.1) is 20.2 Å². The molecule has 0 aliphatic heterocycles. The van der Waals surface area contributed by atoms with E-state index in [4.69, 9.17) is 28.4 Å². The van der Waals surface area contributed by atoms with E-state index in [1.165, 1.54) is 13.8 Å². The van der Waals surface area contributed by atoms with Crippen LogP contribution < -0.4 is 29.6 Å². The van der Waals surface area contributed by atoms with Crippen LogP contribution in [0.3, 0.4) is 0 Å². The SMILES string of the molecule is C=C(C)C(=O)OCCNC(=O)Oc1ccc(C(c2ccc(OC)cc2)C(c2ccc(OC=O)cc2)c2ccc(OC(=O)NCCOC(=O)C(=C)C)cc2)cc1. The van der Waals surface area contributed by atoms with Crippen LogP contribution in [0.2, 0.25) is 0 Å². The van der Waals surface area contributed by atoms with Crippen LogP contribution in [0.1, 0.15) is 47.9 Å². The van der Waals surface area contributed by atoms with E-state index in [0.29, 0.717) is 18.0 Å². The second-order valence-electron chi connectivity index (χ2n) is 12.1. The minimum absolute atomic E-state index is 0.0397. The van der Waals surface area contributed by atoms with Gasteiger partial charge in [-0.15, -0.1) is 0 Å². The molecule has 0 heterocycles. The van der Waals surface area contributed by atoms with E-state index in [2.05, 4.69) is 23.8 Å². The average molecular weight is 751 g/mol. The van der Waals surface area contributed by atoms with Gasteiger partial charge in [0.25, 0.3) is 6.47 Å². The molecule has 4 aromatic rings. The molecule has 2 atom stereocenters. The summed E-state index contributed by atoms with van der Waals surface area (Å²) in [5, 5.41) is 5.08. The van der Waals surface area contributed by atoms with Gasteiger partial charge in [-0.1, -0.05) is 61.7 Å². The van der Waals surface area contributed by atoms with Gasteiger partial charge in [-0.05, 0) is 84.6 Å². The van der Waals surface area contributed by atoms with E-state index in [0.717, 1.165) is 22.3 Å². The van der Waals surface area contributed by atoms with Gasteiger partial charge in [0, 0.05) is 23.0 Å². The van der Waals surface area contributed by atoms with Crippen LogP contribution in [0.25, 0.3) is 0 Å². The summed E-state index contributed by atoms with van der Waals surface area (Å²) in [6.07, 6.45) is -1.44.